The summed E-state index contributed by atoms with van der Waals surface area (Å²) in [5, 5.41) is 6.88. The smallest absolute Gasteiger partial charge is 0.231 e. The third-order valence-corrected chi connectivity index (χ3v) is 5.16. The van der Waals surface area contributed by atoms with Crippen LogP contribution in [0, 0.1) is 5.41 Å². The molecule has 0 radical (unpaired) electrons. The van der Waals surface area contributed by atoms with Crippen molar-refractivity contribution in [1.82, 2.24) is 10.6 Å². The number of aliphatic imine (C=N–C) groups is 1. The number of nitrogens with zero attached hydrogens (tertiary/aromatic N) is 1. The molecule has 0 saturated heterocycles. The zero-order chi connectivity index (χ0) is 16.1. The van der Waals surface area contributed by atoms with E-state index in [-0.39, 0.29) is 24.0 Å². The zero-order valence-electron chi connectivity index (χ0n) is 14.6. The van der Waals surface area contributed by atoms with Gasteiger partial charge in [-0.1, -0.05) is 19.4 Å². The molecule has 24 heavy (non-hydrogen) atoms. The number of nitrogens with one attached hydrogen (secondary N) is 2. The van der Waals surface area contributed by atoms with Gasteiger partial charge in [-0.15, -0.1) is 24.0 Å². The maximum atomic E-state index is 5.42. The first-order valence-electron chi connectivity index (χ1n) is 8.58. The molecule has 0 atom stereocenters. The molecule has 1 heterocycles. The summed E-state index contributed by atoms with van der Waals surface area (Å²) >= 11 is 0. The summed E-state index contributed by atoms with van der Waals surface area (Å²) in [6.07, 6.45) is 6.21. The maximum absolute atomic E-state index is 5.42. The molecule has 0 spiro atoms. The van der Waals surface area contributed by atoms with Crippen LogP contribution in [0.3, 0.4) is 0 Å². The molecule has 1 aliphatic heterocycles. The van der Waals surface area contributed by atoms with Gasteiger partial charge in [-0.05, 0) is 48.8 Å². The summed E-state index contributed by atoms with van der Waals surface area (Å²) in [6.45, 7) is 4.48. The van der Waals surface area contributed by atoms with Crippen LogP contribution in [0.1, 0.15) is 38.2 Å². The molecule has 5 nitrogen and oxygen atoms in total. The van der Waals surface area contributed by atoms with E-state index in [0.717, 1.165) is 37.0 Å². The van der Waals surface area contributed by atoms with Gasteiger partial charge in [0.05, 0.1) is 0 Å². The molecular formula is C18H28IN3O2. The molecule has 134 valence electrons. The average Bonchev–Trinajstić information content (AvgIpc) is 3.00. The molecule has 2 aliphatic rings. The van der Waals surface area contributed by atoms with Gasteiger partial charge < -0.3 is 20.1 Å². The average molecular weight is 445 g/mol. The van der Waals surface area contributed by atoms with Crippen LogP contribution in [0.2, 0.25) is 0 Å². The molecule has 1 saturated carbocycles. The van der Waals surface area contributed by atoms with Crippen molar-refractivity contribution in [2.24, 2.45) is 10.4 Å². The van der Waals surface area contributed by atoms with Gasteiger partial charge in [0.25, 0.3) is 0 Å². The van der Waals surface area contributed by atoms with E-state index in [4.69, 9.17) is 9.47 Å². The Hall–Kier alpha value is -1.18. The van der Waals surface area contributed by atoms with Crippen molar-refractivity contribution in [3.05, 3.63) is 23.8 Å². The van der Waals surface area contributed by atoms with Gasteiger partial charge in [-0.3, -0.25) is 4.99 Å². The molecule has 0 bridgehead atoms. The number of rotatable bonds is 6. The lowest BCUT2D eigenvalue weighted by atomic mass is 9.67. The van der Waals surface area contributed by atoms with Crippen molar-refractivity contribution >= 4 is 29.9 Å². The lowest BCUT2D eigenvalue weighted by Gasteiger charge is -2.41. The predicted molar refractivity (Wildman–Crippen MR) is 108 cm³/mol. The summed E-state index contributed by atoms with van der Waals surface area (Å²) < 4.78 is 10.8. The molecule has 1 fully saturated rings. The predicted octanol–water partition coefficient (Wildman–Crippen LogP) is 3.32. The van der Waals surface area contributed by atoms with E-state index < -0.39 is 0 Å². The summed E-state index contributed by atoms with van der Waals surface area (Å²) in [6, 6.07) is 6.12. The highest BCUT2D eigenvalue weighted by Gasteiger charge is 2.34. The molecule has 3 rings (SSSR count). The van der Waals surface area contributed by atoms with Crippen LogP contribution in [0.5, 0.6) is 11.5 Å². The number of hydrogen-bond donors (Lipinski definition) is 2. The highest BCUT2D eigenvalue weighted by molar-refractivity contribution is 14.0. The largest absolute Gasteiger partial charge is 0.454 e. The molecule has 0 unspecified atom stereocenters. The molecule has 0 aromatic heterocycles. The molecule has 1 aliphatic carbocycles. The number of halogens is 1. The fourth-order valence-corrected chi connectivity index (χ4v) is 3.25. The Labute approximate surface area is 161 Å². The standard InChI is InChI=1S/C18H27N3O2.HI/c1-3-18(8-4-9-18)12-21-17(19-2)20-10-7-14-5-6-15-16(11-14)23-13-22-15;/h5-6,11H,3-4,7-10,12-13H2,1-2H3,(H2,19,20,21);1H. The Kier molecular flexibility index (Phi) is 7.01. The lowest BCUT2D eigenvalue weighted by Crippen LogP contribution is -2.46. The van der Waals surface area contributed by atoms with Crippen LogP contribution in [0.15, 0.2) is 23.2 Å². The van der Waals surface area contributed by atoms with Gasteiger partial charge in [0.15, 0.2) is 17.5 Å². The van der Waals surface area contributed by atoms with Gasteiger partial charge in [-0.25, -0.2) is 0 Å². The molecule has 1 aromatic carbocycles. The monoisotopic (exact) mass is 445 g/mol. The maximum Gasteiger partial charge on any atom is 0.231 e. The van der Waals surface area contributed by atoms with Crippen molar-refractivity contribution in [3.8, 4) is 11.5 Å². The first-order chi connectivity index (χ1) is 11.2. The minimum Gasteiger partial charge on any atom is -0.454 e. The van der Waals surface area contributed by atoms with Crippen molar-refractivity contribution < 1.29 is 9.47 Å². The lowest BCUT2D eigenvalue weighted by molar-refractivity contribution is 0.131. The van der Waals surface area contributed by atoms with E-state index >= 15 is 0 Å². The van der Waals surface area contributed by atoms with Gasteiger partial charge in [-0.2, -0.15) is 0 Å². The highest BCUT2D eigenvalue weighted by atomic mass is 127. The van der Waals surface area contributed by atoms with Crippen LogP contribution < -0.4 is 20.1 Å². The van der Waals surface area contributed by atoms with E-state index in [1.165, 1.54) is 31.2 Å². The summed E-state index contributed by atoms with van der Waals surface area (Å²) in [5.41, 5.74) is 1.73. The third-order valence-electron chi connectivity index (χ3n) is 5.16. The van der Waals surface area contributed by atoms with Gasteiger partial charge in [0.1, 0.15) is 0 Å². The minimum absolute atomic E-state index is 0. The zero-order valence-corrected chi connectivity index (χ0v) is 16.9. The summed E-state index contributed by atoms with van der Waals surface area (Å²) in [4.78, 5) is 4.32. The quantitative estimate of drug-likeness (QED) is 0.401. The van der Waals surface area contributed by atoms with Crippen LogP contribution >= 0.6 is 24.0 Å². The fourth-order valence-electron chi connectivity index (χ4n) is 3.25. The van der Waals surface area contributed by atoms with E-state index in [1.54, 1.807) is 0 Å². The van der Waals surface area contributed by atoms with Gasteiger partial charge in [0.2, 0.25) is 6.79 Å². The second kappa shape index (κ2) is 8.78. The van der Waals surface area contributed by atoms with E-state index in [9.17, 15) is 0 Å². The topological polar surface area (TPSA) is 54.9 Å². The molecule has 1 aromatic rings. The number of guanidine groups is 1. The first-order valence-corrected chi connectivity index (χ1v) is 8.58. The fraction of sp³-hybridized carbons (Fsp3) is 0.611. The van der Waals surface area contributed by atoms with Gasteiger partial charge >= 0.3 is 0 Å². The molecule has 0 amide bonds. The Balaban J connectivity index is 0.00000208. The highest BCUT2D eigenvalue weighted by Crippen LogP contribution is 2.43. The Bertz CT molecular complexity index is 568. The number of fused-ring (bicyclic) bond motifs is 1. The molecule has 6 heteroatoms. The van der Waals surface area contributed by atoms with E-state index in [0.29, 0.717) is 12.2 Å². The molecular weight excluding hydrogens is 417 g/mol. The molecule has 2 N–H and O–H groups in total. The van der Waals surface area contributed by atoms with Crippen molar-refractivity contribution in [1.29, 1.82) is 0 Å². The Morgan fingerprint density at radius 1 is 1.21 bits per heavy atom. The summed E-state index contributed by atoms with van der Waals surface area (Å²) in [7, 11) is 1.83. The number of hydrogen-bond acceptors (Lipinski definition) is 3. The third kappa shape index (κ3) is 4.46. The number of ether oxygens (including phenoxy) is 2. The van der Waals surface area contributed by atoms with E-state index in [1.807, 2.05) is 13.1 Å². The van der Waals surface area contributed by atoms with Crippen LogP contribution in [-0.4, -0.2) is 32.9 Å². The second-order valence-corrected chi connectivity index (χ2v) is 6.50. The van der Waals surface area contributed by atoms with Crippen LogP contribution in [0.25, 0.3) is 0 Å². The van der Waals surface area contributed by atoms with Crippen LogP contribution in [-0.2, 0) is 6.42 Å². The Morgan fingerprint density at radius 3 is 2.67 bits per heavy atom. The first kappa shape index (κ1) is 19.1. The second-order valence-electron chi connectivity index (χ2n) is 6.50. The van der Waals surface area contributed by atoms with E-state index in [2.05, 4.69) is 34.7 Å². The Morgan fingerprint density at radius 2 is 2.00 bits per heavy atom. The van der Waals surface area contributed by atoms with Crippen molar-refractivity contribution in [3.63, 3.8) is 0 Å². The summed E-state index contributed by atoms with van der Waals surface area (Å²) in [5.74, 6) is 2.58. The number of benzene rings is 1. The van der Waals surface area contributed by atoms with Gasteiger partial charge in [0, 0.05) is 20.1 Å². The van der Waals surface area contributed by atoms with Crippen molar-refractivity contribution in [2.45, 2.75) is 39.0 Å². The minimum atomic E-state index is 0. The normalized spacial score (nSPS) is 17.7. The van der Waals surface area contributed by atoms with Crippen LogP contribution in [0.4, 0.5) is 0 Å². The SMILES string of the molecule is CCC1(CNC(=NC)NCCc2ccc3c(c2)OCO3)CCC1.I. The van der Waals surface area contributed by atoms with Crippen molar-refractivity contribution in [2.75, 3.05) is 26.9 Å².